The Bertz CT molecular complexity index is 533. The van der Waals surface area contributed by atoms with Gasteiger partial charge in [0.15, 0.2) is 0 Å². The summed E-state index contributed by atoms with van der Waals surface area (Å²) in [5.41, 5.74) is 5.63. The van der Waals surface area contributed by atoms with Gasteiger partial charge in [0.1, 0.15) is 5.82 Å². The summed E-state index contributed by atoms with van der Waals surface area (Å²) in [5, 5.41) is 9.44. The average Bonchev–Trinajstić information content (AvgIpc) is 2.93. The van der Waals surface area contributed by atoms with Gasteiger partial charge in [-0.05, 0) is 39.5 Å². The number of hydrogen-bond acceptors (Lipinski definition) is 5. The van der Waals surface area contributed by atoms with Gasteiger partial charge < -0.3 is 16.0 Å². The summed E-state index contributed by atoms with van der Waals surface area (Å²) in [6, 6.07) is -0.443. The van der Waals surface area contributed by atoms with Gasteiger partial charge >= 0.3 is 0 Å². The molecule has 2 unspecified atom stereocenters. The quantitative estimate of drug-likeness (QED) is 0.713. The second kappa shape index (κ2) is 6.87. The summed E-state index contributed by atoms with van der Waals surface area (Å²) in [4.78, 5) is 29.7. The zero-order chi connectivity index (χ0) is 16.3. The van der Waals surface area contributed by atoms with Crippen LogP contribution < -0.4 is 11.1 Å². The number of nitrogens with one attached hydrogen (secondary N) is 2. The number of aryl methyl sites for hydroxylation is 1. The van der Waals surface area contributed by atoms with E-state index in [9.17, 15) is 9.59 Å². The Morgan fingerprint density at radius 2 is 2.00 bits per heavy atom. The first kappa shape index (κ1) is 16.4. The van der Waals surface area contributed by atoms with Gasteiger partial charge in [-0.2, -0.15) is 0 Å². The second-order valence-corrected chi connectivity index (χ2v) is 5.96. The van der Waals surface area contributed by atoms with Crippen molar-refractivity contribution in [3.8, 4) is 0 Å². The smallest absolute Gasteiger partial charge is 0.291 e. The van der Waals surface area contributed by atoms with Gasteiger partial charge in [0.25, 0.3) is 5.91 Å². The van der Waals surface area contributed by atoms with E-state index in [2.05, 4.69) is 20.5 Å². The molecule has 8 nitrogen and oxygen atoms in total. The highest BCUT2D eigenvalue weighted by Gasteiger charge is 2.28. The molecule has 22 heavy (non-hydrogen) atoms. The molecule has 0 spiro atoms. The van der Waals surface area contributed by atoms with Crippen LogP contribution in [0.2, 0.25) is 0 Å². The van der Waals surface area contributed by atoms with Crippen LogP contribution >= 0.6 is 0 Å². The number of nitrogens with two attached hydrogens (primary N) is 1. The highest BCUT2D eigenvalue weighted by molar-refractivity contribution is 5.90. The summed E-state index contributed by atoms with van der Waals surface area (Å²) >= 11 is 0. The molecule has 1 aliphatic heterocycles. The van der Waals surface area contributed by atoms with Crippen LogP contribution in [0.15, 0.2) is 0 Å². The highest BCUT2D eigenvalue weighted by atomic mass is 16.2. The molecule has 2 amide bonds. The molecule has 8 heteroatoms. The van der Waals surface area contributed by atoms with E-state index in [1.165, 1.54) is 0 Å². The molecule has 2 heterocycles. The van der Waals surface area contributed by atoms with E-state index < -0.39 is 6.04 Å². The van der Waals surface area contributed by atoms with Gasteiger partial charge in [0.05, 0.1) is 6.04 Å². The molecule has 0 bridgehead atoms. The Morgan fingerprint density at radius 3 is 2.50 bits per heavy atom. The van der Waals surface area contributed by atoms with Crippen LogP contribution in [-0.2, 0) is 4.79 Å². The van der Waals surface area contributed by atoms with Gasteiger partial charge in [-0.25, -0.2) is 4.98 Å². The fraction of sp³-hybridized carbons (Fsp3) is 0.714. The van der Waals surface area contributed by atoms with Crippen LogP contribution in [0.4, 0.5) is 0 Å². The number of carbonyl (C=O) groups excluding carboxylic acids is 2. The third-order valence-corrected chi connectivity index (χ3v) is 4.11. The maximum atomic E-state index is 12.0. The number of hydrogen-bond donors (Lipinski definition) is 3. The van der Waals surface area contributed by atoms with Crippen molar-refractivity contribution >= 4 is 11.8 Å². The predicted octanol–water partition coefficient (Wildman–Crippen LogP) is -0.183. The minimum atomic E-state index is -0.456. The average molecular weight is 308 g/mol. The predicted molar refractivity (Wildman–Crippen MR) is 81.0 cm³/mol. The van der Waals surface area contributed by atoms with E-state index in [0.29, 0.717) is 24.8 Å². The van der Waals surface area contributed by atoms with Crippen LogP contribution in [0, 0.1) is 12.8 Å². The highest BCUT2D eigenvalue weighted by Crippen LogP contribution is 2.21. The third-order valence-electron chi connectivity index (χ3n) is 4.11. The van der Waals surface area contributed by atoms with Crippen LogP contribution in [0.5, 0.6) is 0 Å². The molecule has 0 aliphatic carbocycles. The first-order chi connectivity index (χ1) is 10.4. The fourth-order valence-corrected chi connectivity index (χ4v) is 2.74. The summed E-state index contributed by atoms with van der Waals surface area (Å²) in [6.45, 7) is 6.80. The summed E-state index contributed by atoms with van der Waals surface area (Å²) < 4.78 is 0. The molecule has 2 atom stereocenters. The van der Waals surface area contributed by atoms with Crippen molar-refractivity contribution in [1.29, 1.82) is 0 Å². The maximum absolute atomic E-state index is 12.0. The lowest BCUT2D eigenvalue weighted by Gasteiger charge is -2.35. The van der Waals surface area contributed by atoms with Crippen LogP contribution in [0.3, 0.4) is 0 Å². The van der Waals surface area contributed by atoms with E-state index >= 15 is 0 Å². The summed E-state index contributed by atoms with van der Waals surface area (Å²) in [7, 11) is 0. The van der Waals surface area contributed by atoms with E-state index in [0.717, 1.165) is 12.8 Å². The molecule has 1 aromatic heterocycles. The summed E-state index contributed by atoms with van der Waals surface area (Å²) in [5.74, 6) is 0.827. The third kappa shape index (κ3) is 3.82. The van der Waals surface area contributed by atoms with Crippen molar-refractivity contribution in [3.05, 3.63) is 11.6 Å². The van der Waals surface area contributed by atoms with E-state index in [4.69, 9.17) is 5.73 Å². The van der Waals surface area contributed by atoms with Crippen LogP contribution in [-0.4, -0.2) is 57.1 Å². The summed E-state index contributed by atoms with van der Waals surface area (Å²) in [6.07, 6.45) is 1.71. The van der Waals surface area contributed by atoms with E-state index in [1.54, 1.807) is 18.7 Å². The lowest BCUT2D eigenvalue weighted by Crippen LogP contribution is -2.49. The molecule has 4 N–H and O–H groups in total. The molecule has 0 radical (unpaired) electrons. The monoisotopic (exact) mass is 308 g/mol. The number of H-pyrrole nitrogens is 1. The Balaban J connectivity index is 1.83. The molecule has 1 fully saturated rings. The van der Waals surface area contributed by atoms with E-state index in [-0.39, 0.29) is 23.7 Å². The minimum absolute atomic E-state index is 0.00802. The number of rotatable bonds is 4. The molecule has 1 aliphatic rings. The van der Waals surface area contributed by atoms with Crippen LogP contribution in [0.1, 0.15) is 43.1 Å². The Kier molecular flexibility index (Phi) is 5.12. The topological polar surface area (TPSA) is 117 Å². The van der Waals surface area contributed by atoms with Gasteiger partial charge in [0, 0.05) is 19.1 Å². The zero-order valence-electron chi connectivity index (χ0n) is 13.3. The molecular weight excluding hydrogens is 284 g/mol. The Hall–Kier alpha value is -1.96. The van der Waals surface area contributed by atoms with Crippen molar-refractivity contribution in [2.45, 2.75) is 45.7 Å². The molecular formula is C14H24N6O2. The fourth-order valence-electron chi connectivity index (χ4n) is 2.74. The second-order valence-electron chi connectivity index (χ2n) is 5.96. The minimum Gasteiger partial charge on any atom is -0.347 e. The number of aromatic amines is 1. The normalized spacial score (nSPS) is 18.8. The number of amides is 2. The SMILES string of the molecule is Cc1nc(C(=O)NC(C)C2CCN(C(=O)C(C)N)CC2)n[nH]1. The first-order valence-corrected chi connectivity index (χ1v) is 7.62. The molecule has 2 rings (SSSR count). The van der Waals surface area contributed by atoms with Crippen molar-refractivity contribution in [2.75, 3.05) is 13.1 Å². The van der Waals surface area contributed by atoms with Crippen molar-refractivity contribution in [2.24, 2.45) is 11.7 Å². The van der Waals surface area contributed by atoms with Crippen LogP contribution in [0.25, 0.3) is 0 Å². The van der Waals surface area contributed by atoms with Gasteiger partial charge in [-0.15, -0.1) is 5.10 Å². The molecule has 0 saturated carbocycles. The van der Waals surface area contributed by atoms with Gasteiger partial charge in [0.2, 0.25) is 11.7 Å². The largest absolute Gasteiger partial charge is 0.347 e. The lowest BCUT2D eigenvalue weighted by molar-refractivity contribution is -0.133. The Labute approximate surface area is 129 Å². The van der Waals surface area contributed by atoms with Gasteiger partial charge in [-0.1, -0.05) is 0 Å². The number of carbonyl (C=O) groups is 2. The maximum Gasteiger partial charge on any atom is 0.291 e. The number of aromatic nitrogens is 3. The molecule has 0 aromatic carbocycles. The standard InChI is InChI=1S/C14H24N6O2/c1-8(15)14(22)20-6-4-11(5-7-20)9(2)16-13(21)12-17-10(3)18-19-12/h8-9,11H,4-7,15H2,1-3H3,(H,16,21)(H,17,18,19). The number of likely N-dealkylation sites (tertiary alicyclic amines) is 1. The van der Waals surface area contributed by atoms with Gasteiger partial charge in [-0.3, -0.25) is 14.7 Å². The molecule has 1 saturated heterocycles. The Morgan fingerprint density at radius 1 is 1.36 bits per heavy atom. The zero-order valence-corrected chi connectivity index (χ0v) is 13.3. The first-order valence-electron chi connectivity index (χ1n) is 7.62. The molecule has 1 aromatic rings. The number of piperidine rings is 1. The molecule has 122 valence electrons. The lowest BCUT2D eigenvalue weighted by atomic mass is 9.90. The van der Waals surface area contributed by atoms with Crippen molar-refractivity contribution in [3.63, 3.8) is 0 Å². The van der Waals surface area contributed by atoms with Crippen molar-refractivity contribution < 1.29 is 9.59 Å². The van der Waals surface area contributed by atoms with E-state index in [1.807, 2.05) is 6.92 Å². The number of nitrogens with zero attached hydrogens (tertiary/aromatic N) is 3. The van der Waals surface area contributed by atoms with Crippen molar-refractivity contribution in [1.82, 2.24) is 25.4 Å².